The maximum absolute atomic E-state index is 14.5. The zero-order valence-corrected chi connectivity index (χ0v) is 14.7. The Morgan fingerprint density at radius 2 is 2.39 bits per heavy atom. The van der Waals surface area contributed by atoms with E-state index in [4.69, 9.17) is 0 Å². The molecule has 3 atom stereocenters. The normalized spacial score (nSPS) is 24.7. The van der Waals surface area contributed by atoms with Gasteiger partial charge in [-0.25, -0.2) is 14.4 Å². The molecule has 0 radical (unpaired) electrons. The molecule has 122 valence electrons. The first-order chi connectivity index (χ1) is 11.0. The third-order valence-electron chi connectivity index (χ3n) is 4.13. The molecule has 3 heterocycles. The summed E-state index contributed by atoms with van der Waals surface area (Å²) in [5.74, 6) is 0.397. The molecule has 2 aromatic rings. The Kier molecular flexibility index (Phi) is 4.51. The van der Waals surface area contributed by atoms with E-state index < -0.39 is 12.2 Å². The number of hydrogen-bond acceptors (Lipinski definition) is 4. The van der Waals surface area contributed by atoms with Crippen LogP contribution in [-0.2, 0) is 4.79 Å². The SMILES string of the molecule is C=CC(=O)N1C[C@H](Nc2ncnc3[nH]cc(I)c23)[C@@H](F)C[C@@H]1C. The zero-order valence-electron chi connectivity index (χ0n) is 12.6. The monoisotopic (exact) mass is 429 g/mol. The summed E-state index contributed by atoms with van der Waals surface area (Å²) in [6.45, 7) is 5.64. The van der Waals surface area contributed by atoms with Crippen molar-refractivity contribution < 1.29 is 9.18 Å². The molecule has 1 fully saturated rings. The van der Waals surface area contributed by atoms with Gasteiger partial charge in [-0.15, -0.1) is 0 Å². The van der Waals surface area contributed by atoms with E-state index in [9.17, 15) is 9.18 Å². The van der Waals surface area contributed by atoms with Crippen LogP contribution < -0.4 is 5.32 Å². The van der Waals surface area contributed by atoms with Crippen molar-refractivity contribution >= 4 is 45.3 Å². The number of halogens is 2. The van der Waals surface area contributed by atoms with Gasteiger partial charge in [0.15, 0.2) is 0 Å². The zero-order chi connectivity index (χ0) is 16.6. The summed E-state index contributed by atoms with van der Waals surface area (Å²) in [6.07, 6.45) is 3.76. The van der Waals surface area contributed by atoms with E-state index in [1.165, 1.54) is 12.4 Å². The first-order valence-corrected chi connectivity index (χ1v) is 8.40. The number of rotatable bonds is 3. The van der Waals surface area contributed by atoms with Gasteiger partial charge in [0.1, 0.15) is 24.0 Å². The summed E-state index contributed by atoms with van der Waals surface area (Å²) in [7, 11) is 0. The molecule has 0 aromatic carbocycles. The third kappa shape index (κ3) is 3.04. The van der Waals surface area contributed by atoms with Crippen LogP contribution in [0.4, 0.5) is 10.2 Å². The van der Waals surface area contributed by atoms with Crippen LogP contribution in [0, 0.1) is 3.57 Å². The summed E-state index contributed by atoms with van der Waals surface area (Å²) in [5, 5.41) is 3.98. The number of nitrogens with one attached hydrogen (secondary N) is 2. The lowest BCUT2D eigenvalue weighted by atomic mass is 9.97. The molecule has 0 spiro atoms. The average Bonchev–Trinajstić information content (AvgIpc) is 2.91. The topological polar surface area (TPSA) is 73.9 Å². The van der Waals surface area contributed by atoms with E-state index in [1.54, 1.807) is 4.90 Å². The Hall–Kier alpha value is -1.71. The molecule has 2 N–H and O–H groups in total. The van der Waals surface area contributed by atoms with Gasteiger partial charge in [0.05, 0.1) is 11.4 Å². The van der Waals surface area contributed by atoms with Crippen LogP contribution in [0.15, 0.2) is 25.2 Å². The van der Waals surface area contributed by atoms with Crippen LogP contribution >= 0.6 is 22.6 Å². The molecule has 8 heteroatoms. The Labute approximate surface area is 146 Å². The molecule has 23 heavy (non-hydrogen) atoms. The fraction of sp³-hybridized carbons (Fsp3) is 0.400. The van der Waals surface area contributed by atoms with E-state index in [0.717, 1.165) is 8.96 Å². The highest BCUT2D eigenvalue weighted by Gasteiger charge is 2.35. The van der Waals surface area contributed by atoms with Gasteiger partial charge < -0.3 is 15.2 Å². The van der Waals surface area contributed by atoms with Crippen molar-refractivity contribution in [2.75, 3.05) is 11.9 Å². The second-order valence-corrected chi connectivity index (χ2v) is 6.79. The number of amides is 1. The molecule has 6 nitrogen and oxygen atoms in total. The minimum Gasteiger partial charge on any atom is -0.362 e. The van der Waals surface area contributed by atoms with Crippen LogP contribution in [0.25, 0.3) is 11.0 Å². The van der Waals surface area contributed by atoms with Crippen LogP contribution in [0.3, 0.4) is 0 Å². The molecule has 1 aliphatic rings. The van der Waals surface area contributed by atoms with Crippen molar-refractivity contribution in [2.24, 2.45) is 0 Å². The highest BCUT2D eigenvalue weighted by molar-refractivity contribution is 14.1. The number of H-pyrrole nitrogens is 1. The van der Waals surface area contributed by atoms with Crippen molar-refractivity contribution in [3.05, 3.63) is 28.7 Å². The Morgan fingerprint density at radius 1 is 1.61 bits per heavy atom. The van der Waals surface area contributed by atoms with E-state index in [0.29, 0.717) is 11.5 Å². The Morgan fingerprint density at radius 3 is 3.13 bits per heavy atom. The molecule has 0 saturated carbocycles. The van der Waals surface area contributed by atoms with Crippen LogP contribution in [-0.4, -0.2) is 50.6 Å². The molecule has 3 rings (SSSR count). The van der Waals surface area contributed by atoms with E-state index in [2.05, 4.69) is 49.4 Å². The van der Waals surface area contributed by atoms with Crippen LogP contribution in [0.1, 0.15) is 13.3 Å². The van der Waals surface area contributed by atoms with Crippen molar-refractivity contribution in [1.82, 2.24) is 19.9 Å². The van der Waals surface area contributed by atoms with Crippen LogP contribution in [0.5, 0.6) is 0 Å². The minimum atomic E-state index is -1.06. The molecular formula is C15H17FIN5O. The summed E-state index contributed by atoms with van der Waals surface area (Å²) in [5.41, 5.74) is 0.700. The Bertz CT molecular complexity index is 749. The number of anilines is 1. The lowest BCUT2D eigenvalue weighted by molar-refractivity contribution is -0.130. The summed E-state index contributed by atoms with van der Waals surface area (Å²) in [4.78, 5) is 25.0. The molecule has 0 bridgehead atoms. The lowest BCUT2D eigenvalue weighted by Gasteiger charge is -2.40. The molecule has 2 aromatic heterocycles. The van der Waals surface area contributed by atoms with Gasteiger partial charge in [-0.1, -0.05) is 6.58 Å². The smallest absolute Gasteiger partial charge is 0.246 e. The molecular weight excluding hydrogens is 412 g/mol. The van der Waals surface area contributed by atoms with Crippen molar-refractivity contribution in [1.29, 1.82) is 0 Å². The number of aromatic amines is 1. The van der Waals surface area contributed by atoms with Crippen molar-refractivity contribution in [3.63, 3.8) is 0 Å². The van der Waals surface area contributed by atoms with Gasteiger partial charge in [0, 0.05) is 28.8 Å². The summed E-state index contributed by atoms with van der Waals surface area (Å²) >= 11 is 2.18. The summed E-state index contributed by atoms with van der Waals surface area (Å²) in [6, 6.07) is -0.662. The highest BCUT2D eigenvalue weighted by Crippen LogP contribution is 2.28. The standard InChI is InChI=1S/C15H17FIN5O/c1-3-12(23)22-6-11(9(16)4-8(22)2)21-15-13-10(17)5-18-14(13)19-7-20-15/h3,5,7-9,11H,1,4,6H2,2H3,(H2,18,19,20,21)/t8-,9-,11-/m0/s1. The van der Waals surface area contributed by atoms with E-state index >= 15 is 0 Å². The van der Waals surface area contributed by atoms with Gasteiger partial charge in [-0.3, -0.25) is 4.79 Å². The minimum absolute atomic E-state index is 0.147. The quantitative estimate of drug-likeness (QED) is 0.581. The number of carbonyl (C=O) groups is 1. The highest BCUT2D eigenvalue weighted by atomic mass is 127. The molecule has 1 aliphatic heterocycles. The molecule has 1 saturated heterocycles. The van der Waals surface area contributed by atoms with E-state index in [1.807, 2.05) is 13.1 Å². The number of fused-ring (bicyclic) bond motifs is 1. The average molecular weight is 429 g/mol. The molecule has 0 aliphatic carbocycles. The molecule has 0 unspecified atom stereocenters. The Balaban J connectivity index is 1.87. The number of likely N-dealkylation sites (tertiary alicyclic amines) is 1. The fourth-order valence-electron chi connectivity index (χ4n) is 2.89. The number of alkyl halides is 1. The maximum Gasteiger partial charge on any atom is 0.246 e. The van der Waals surface area contributed by atoms with Gasteiger partial charge in [0.25, 0.3) is 0 Å². The summed E-state index contributed by atoms with van der Waals surface area (Å²) < 4.78 is 15.4. The number of aromatic nitrogens is 3. The second-order valence-electron chi connectivity index (χ2n) is 5.63. The van der Waals surface area contributed by atoms with Gasteiger partial charge in [-0.2, -0.15) is 0 Å². The largest absolute Gasteiger partial charge is 0.362 e. The van der Waals surface area contributed by atoms with Crippen LogP contribution in [0.2, 0.25) is 0 Å². The van der Waals surface area contributed by atoms with Gasteiger partial charge in [-0.05, 0) is 35.6 Å². The third-order valence-corrected chi connectivity index (χ3v) is 4.98. The maximum atomic E-state index is 14.5. The fourth-order valence-corrected chi connectivity index (χ4v) is 3.56. The van der Waals surface area contributed by atoms with Gasteiger partial charge >= 0.3 is 0 Å². The number of piperidine rings is 1. The van der Waals surface area contributed by atoms with Crippen molar-refractivity contribution in [3.8, 4) is 0 Å². The van der Waals surface area contributed by atoms with Crippen molar-refractivity contribution in [2.45, 2.75) is 31.6 Å². The first-order valence-electron chi connectivity index (χ1n) is 7.32. The number of hydrogen-bond donors (Lipinski definition) is 2. The van der Waals surface area contributed by atoms with E-state index in [-0.39, 0.29) is 24.9 Å². The number of carbonyl (C=O) groups excluding carboxylic acids is 1. The predicted molar refractivity (Wildman–Crippen MR) is 94.9 cm³/mol. The molecule has 1 amide bonds. The second kappa shape index (κ2) is 6.42. The van der Waals surface area contributed by atoms with Gasteiger partial charge in [0.2, 0.25) is 5.91 Å². The predicted octanol–water partition coefficient (Wildman–Crippen LogP) is 2.49. The number of nitrogens with zero attached hydrogens (tertiary/aromatic N) is 3. The lowest BCUT2D eigenvalue weighted by Crippen LogP contribution is -2.54. The first kappa shape index (κ1) is 16.2.